The number of nitrogens with one attached hydrogen (secondary N) is 2. The van der Waals surface area contributed by atoms with Gasteiger partial charge in [0.15, 0.2) is 0 Å². The lowest BCUT2D eigenvalue weighted by Crippen LogP contribution is -2.47. The standard InChI is InChI=1S/C35H37FN4O3S/c1-2-25-14-16-27(17-15-25)35(41)37-28-18-19-33(40-22-20-39(21-23-40)32-13-6-5-11-30(32)36)34(24-28)44(42,43)38-31-12-7-9-26-8-3-4-10-29(26)31/h3-6,8,10-11,13-19,24,31,38H,2,7,9,12,20-23H2,1H3,(H,37,41)/t31-/m1/s1. The Balaban J connectivity index is 1.29. The number of hydrogen-bond acceptors (Lipinski definition) is 5. The van der Waals surface area contributed by atoms with E-state index >= 15 is 0 Å². The molecule has 4 aromatic carbocycles. The SMILES string of the molecule is CCc1ccc(C(=O)Nc2ccc(N3CCN(c4ccccc4F)CC3)c(S(=O)(=O)N[C@@H]3CCCc4ccccc43)c2)cc1. The molecule has 1 atom stereocenters. The fraction of sp³-hybridized carbons (Fsp3) is 0.286. The predicted molar refractivity (Wildman–Crippen MR) is 173 cm³/mol. The van der Waals surface area contributed by atoms with Crippen molar-refractivity contribution in [2.24, 2.45) is 0 Å². The smallest absolute Gasteiger partial charge is 0.255 e. The van der Waals surface area contributed by atoms with Gasteiger partial charge < -0.3 is 15.1 Å². The average molecular weight is 613 g/mol. The molecule has 0 radical (unpaired) electrons. The minimum absolute atomic E-state index is 0.110. The first kappa shape index (κ1) is 29.8. The summed E-state index contributed by atoms with van der Waals surface area (Å²) in [6.07, 6.45) is 3.39. The number of hydrogen-bond donors (Lipinski definition) is 2. The Labute approximate surface area is 258 Å². The fourth-order valence-corrected chi connectivity index (χ4v) is 7.69. The summed E-state index contributed by atoms with van der Waals surface area (Å²) in [5.41, 5.74) is 5.28. The third-order valence-electron chi connectivity index (χ3n) is 8.61. The Morgan fingerprint density at radius 1 is 0.864 bits per heavy atom. The number of nitrogens with zero attached hydrogens (tertiary/aromatic N) is 2. The van der Waals surface area contributed by atoms with Gasteiger partial charge in [0.2, 0.25) is 10.0 Å². The maximum Gasteiger partial charge on any atom is 0.255 e. The Kier molecular flexibility index (Phi) is 8.68. The number of amides is 1. The molecule has 0 bridgehead atoms. The van der Waals surface area contributed by atoms with Crippen molar-refractivity contribution in [1.29, 1.82) is 0 Å². The number of aryl methyl sites for hydroxylation is 2. The van der Waals surface area contributed by atoms with Gasteiger partial charge >= 0.3 is 0 Å². The molecule has 2 N–H and O–H groups in total. The van der Waals surface area contributed by atoms with Crippen LogP contribution in [0.15, 0.2) is 95.9 Å². The third kappa shape index (κ3) is 6.34. The number of carbonyl (C=O) groups excluding carboxylic acids is 1. The minimum Gasteiger partial charge on any atom is -0.367 e. The van der Waals surface area contributed by atoms with Crippen molar-refractivity contribution in [3.05, 3.63) is 119 Å². The van der Waals surface area contributed by atoms with E-state index in [0.29, 0.717) is 55.2 Å². The van der Waals surface area contributed by atoms with Crippen LogP contribution in [0.1, 0.15) is 52.9 Å². The van der Waals surface area contributed by atoms with Crippen LogP contribution in [-0.2, 0) is 22.9 Å². The average Bonchev–Trinajstić information content (AvgIpc) is 3.05. The van der Waals surface area contributed by atoms with Crippen molar-refractivity contribution in [2.75, 3.05) is 41.3 Å². The first-order valence-electron chi connectivity index (χ1n) is 15.2. The van der Waals surface area contributed by atoms with E-state index < -0.39 is 10.0 Å². The van der Waals surface area contributed by atoms with Gasteiger partial charge in [0, 0.05) is 43.5 Å². The van der Waals surface area contributed by atoms with Crippen LogP contribution in [0.5, 0.6) is 0 Å². The topological polar surface area (TPSA) is 81.8 Å². The molecule has 9 heteroatoms. The van der Waals surface area contributed by atoms with Crippen LogP contribution >= 0.6 is 0 Å². The number of sulfonamides is 1. The van der Waals surface area contributed by atoms with E-state index in [4.69, 9.17) is 0 Å². The molecule has 1 saturated heterocycles. The summed E-state index contributed by atoms with van der Waals surface area (Å²) in [5, 5.41) is 2.89. The van der Waals surface area contributed by atoms with Crippen LogP contribution in [0.2, 0.25) is 0 Å². The summed E-state index contributed by atoms with van der Waals surface area (Å²) in [4.78, 5) is 17.2. The van der Waals surface area contributed by atoms with E-state index in [-0.39, 0.29) is 22.7 Å². The molecule has 2 aliphatic rings. The first-order valence-corrected chi connectivity index (χ1v) is 16.7. The molecule has 1 aliphatic carbocycles. The molecule has 7 nitrogen and oxygen atoms in total. The van der Waals surface area contributed by atoms with Gasteiger partial charge in [0.05, 0.1) is 11.4 Å². The Hall–Kier alpha value is -4.21. The lowest BCUT2D eigenvalue weighted by atomic mass is 9.88. The lowest BCUT2D eigenvalue weighted by Gasteiger charge is -2.38. The van der Waals surface area contributed by atoms with Crippen molar-refractivity contribution in [2.45, 2.75) is 43.5 Å². The van der Waals surface area contributed by atoms with Gasteiger partial charge in [-0.2, -0.15) is 0 Å². The zero-order valence-corrected chi connectivity index (χ0v) is 25.6. The minimum atomic E-state index is -4.00. The number of benzene rings is 4. The Bertz CT molecular complexity index is 1750. The van der Waals surface area contributed by atoms with Crippen LogP contribution < -0.4 is 19.8 Å². The molecule has 0 spiro atoms. The number of rotatable bonds is 8. The van der Waals surface area contributed by atoms with Crippen LogP contribution in [0.3, 0.4) is 0 Å². The number of piperazine rings is 1. The number of para-hydroxylation sites is 1. The normalized spacial score (nSPS) is 16.8. The van der Waals surface area contributed by atoms with Gasteiger partial charge in [-0.3, -0.25) is 4.79 Å². The number of halogens is 1. The van der Waals surface area contributed by atoms with E-state index in [0.717, 1.165) is 36.0 Å². The summed E-state index contributed by atoms with van der Waals surface area (Å²) < 4.78 is 45.8. The lowest BCUT2D eigenvalue weighted by molar-refractivity contribution is 0.102. The molecule has 44 heavy (non-hydrogen) atoms. The van der Waals surface area contributed by atoms with Crippen LogP contribution in [0.4, 0.5) is 21.5 Å². The molecule has 4 aromatic rings. The van der Waals surface area contributed by atoms with Crippen LogP contribution in [0, 0.1) is 5.82 Å². The highest BCUT2D eigenvalue weighted by Crippen LogP contribution is 2.35. The van der Waals surface area contributed by atoms with E-state index in [1.165, 1.54) is 6.07 Å². The first-order chi connectivity index (χ1) is 21.3. The molecule has 0 saturated carbocycles. The van der Waals surface area contributed by atoms with Gasteiger partial charge in [-0.05, 0) is 84.8 Å². The maximum absolute atomic E-state index is 14.5. The second-order valence-electron chi connectivity index (χ2n) is 11.4. The van der Waals surface area contributed by atoms with Crippen molar-refractivity contribution >= 4 is 33.0 Å². The van der Waals surface area contributed by atoms with Crippen molar-refractivity contribution in [3.63, 3.8) is 0 Å². The van der Waals surface area contributed by atoms with E-state index in [9.17, 15) is 17.6 Å². The third-order valence-corrected chi connectivity index (χ3v) is 10.1. The Morgan fingerprint density at radius 3 is 2.27 bits per heavy atom. The molecule has 6 rings (SSSR count). The van der Waals surface area contributed by atoms with Gasteiger partial charge in [-0.15, -0.1) is 0 Å². The number of carbonyl (C=O) groups is 1. The highest BCUT2D eigenvalue weighted by Gasteiger charge is 2.30. The van der Waals surface area contributed by atoms with E-state index in [1.54, 1.807) is 42.5 Å². The fourth-order valence-electron chi connectivity index (χ4n) is 6.19. The molecule has 1 amide bonds. The van der Waals surface area contributed by atoms with Gasteiger partial charge in [0.25, 0.3) is 5.91 Å². The summed E-state index contributed by atoms with van der Waals surface area (Å²) in [7, 11) is -4.00. The maximum atomic E-state index is 14.5. The molecular weight excluding hydrogens is 575 g/mol. The molecule has 1 heterocycles. The molecule has 0 aromatic heterocycles. The molecule has 1 fully saturated rings. The highest BCUT2D eigenvalue weighted by molar-refractivity contribution is 7.89. The zero-order valence-electron chi connectivity index (χ0n) is 24.8. The van der Waals surface area contributed by atoms with E-state index in [2.05, 4.69) is 23.0 Å². The van der Waals surface area contributed by atoms with E-state index in [1.807, 2.05) is 46.2 Å². The monoisotopic (exact) mass is 612 g/mol. The molecule has 0 unspecified atom stereocenters. The van der Waals surface area contributed by atoms with Gasteiger partial charge in [0.1, 0.15) is 10.7 Å². The largest absolute Gasteiger partial charge is 0.367 e. The highest BCUT2D eigenvalue weighted by atomic mass is 32.2. The molecule has 1 aliphatic heterocycles. The molecular formula is C35H37FN4O3S. The summed E-state index contributed by atoms with van der Waals surface area (Å²) in [6.45, 7) is 4.15. The number of fused-ring (bicyclic) bond motifs is 1. The predicted octanol–water partition coefficient (Wildman–Crippen LogP) is 6.32. The van der Waals surface area contributed by atoms with Crippen molar-refractivity contribution < 1.29 is 17.6 Å². The van der Waals surface area contributed by atoms with Crippen LogP contribution in [-0.4, -0.2) is 40.5 Å². The van der Waals surface area contributed by atoms with Crippen molar-refractivity contribution in [1.82, 2.24) is 4.72 Å². The summed E-state index contributed by atoms with van der Waals surface area (Å²) in [5.74, 6) is -0.581. The van der Waals surface area contributed by atoms with Gasteiger partial charge in [-0.25, -0.2) is 17.5 Å². The summed E-state index contributed by atoms with van der Waals surface area (Å²) in [6, 6.07) is 26.8. The number of anilines is 3. The zero-order chi connectivity index (χ0) is 30.7. The molecule has 228 valence electrons. The second-order valence-corrected chi connectivity index (χ2v) is 13.1. The van der Waals surface area contributed by atoms with Gasteiger partial charge in [-0.1, -0.05) is 55.5 Å². The summed E-state index contributed by atoms with van der Waals surface area (Å²) >= 11 is 0. The second kappa shape index (κ2) is 12.8. The Morgan fingerprint density at radius 2 is 1.55 bits per heavy atom. The van der Waals surface area contributed by atoms with Crippen LogP contribution in [0.25, 0.3) is 0 Å². The van der Waals surface area contributed by atoms with Crippen molar-refractivity contribution in [3.8, 4) is 0 Å². The quantitative estimate of drug-likeness (QED) is 0.243.